The molecule has 0 bridgehead atoms. The number of carbonyl (C=O) groups excluding carboxylic acids is 1. The Morgan fingerprint density at radius 2 is 1.90 bits per heavy atom. The van der Waals surface area contributed by atoms with Crippen LogP contribution in [0.1, 0.15) is 47.7 Å². The third-order valence-electron chi connectivity index (χ3n) is 8.96. The highest BCUT2D eigenvalue weighted by atomic mass is 16.2. The van der Waals surface area contributed by atoms with Crippen LogP contribution in [0.15, 0.2) is 59.8 Å². The first-order valence-electron chi connectivity index (χ1n) is 14.4. The van der Waals surface area contributed by atoms with Crippen molar-refractivity contribution in [3.63, 3.8) is 0 Å². The zero-order valence-corrected chi connectivity index (χ0v) is 23.5. The number of fused-ring (bicyclic) bond motifs is 5. The molecule has 1 N–H and O–H groups in total. The van der Waals surface area contributed by atoms with Crippen LogP contribution in [0.25, 0.3) is 27.7 Å². The number of para-hydroxylation sites is 2. The maximum atomic E-state index is 14.0. The van der Waals surface area contributed by atoms with Crippen molar-refractivity contribution in [1.29, 1.82) is 0 Å². The van der Waals surface area contributed by atoms with Gasteiger partial charge < -0.3 is 19.7 Å². The molecule has 5 aromatic rings. The number of hydrogen-bond acceptors (Lipinski definition) is 7. The molecule has 210 valence electrons. The standard InChI is InChI=1S/C31H34N8O2/c1-36-16-5-6-21(36)11-13-34-30(41)27-28(40)22-9-10-26(38-17-12-20(19-38)23-18-32-14-15-33-23)35-29(22)39-25-8-4-3-7-24(25)37(2)31(27)39/h3-4,7-10,14-15,18,20-21H,5-6,11-13,16-17,19H2,1-2H3,(H,34,41). The highest BCUT2D eigenvalue weighted by Gasteiger charge is 2.28. The maximum absolute atomic E-state index is 14.0. The van der Waals surface area contributed by atoms with Crippen molar-refractivity contribution in [2.75, 3.05) is 38.1 Å². The highest BCUT2D eigenvalue weighted by molar-refractivity contribution is 6.05. The number of amides is 1. The van der Waals surface area contributed by atoms with E-state index in [0.717, 1.165) is 61.4 Å². The van der Waals surface area contributed by atoms with Crippen molar-refractivity contribution < 1.29 is 4.79 Å². The molecular formula is C31H34N8O2. The topological polar surface area (TPSA) is 101 Å². The second kappa shape index (κ2) is 10.3. The molecule has 2 saturated heterocycles. The Balaban J connectivity index is 1.30. The zero-order chi connectivity index (χ0) is 28.1. The molecule has 10 heteroatoms. The number of anilines is 1. The summed E-state index contributed by atoms with van der Waals surface area (Å²) >= 11 is 0. The molecule has 1 aromatic carbocycles. The number of aryl methyl sites for hydroxylation is 1. The molecule has 2 aliphatic rings. The van der Waals surface area contributed by atoms with E-state index in [1.165, 1.54) is 6.42 Å². The van der Waals surface area contributed by atoms with Crippen molar-refractivity contribution in [1.82, 2.24) is 34.1 Å². The summed E-state index contributed by atoms with van der Waals surface area (Å²) in [4.78, 5) is 46.0. The summed E-state index contributed by atoms with van der Waals surface area (Å²) in [5, 5.41) is 3.50. The molecule has 7 rings (SSSR count). The highest BCUT2D eigenvalue weighted by Crippen LogP contribution is 2.31. The molecule has 0 aliphatic carbocycles. The molecule has 6 heterocycles. The molecule has 2 fully saturated rings. The van der Waals surface area contributed by atoms with Crippen molar-refractivity contribution in [3.05, 3.63) is 76.5 Å². The first-order valence-corrected chi connectivity index (χ1v) is 14.4. The fourth-order valence-electron chi connectivity index (χ4n) is 6.73. The fourth-order valence-corrected chi connectivity index (χ4v) is 6.73. The van der Waals surface area contributed by atoms with E-state index >= 15 is 0 Å². The van der Waals surface area contributed by atoms with E-state index in [2.05, 4.69) is 32.1 Å². The zero-order valence-electron chi connectivity index (χ0n) is 23.5. The molecule has 0 saturated carbocycles. The summed E-state index contributed by atoms with van der Waals surface area (Å²) in [5.41, 5.74) is 3.80. The smallest absolute Gasteiger partial charge is 0.259 e. The minimum atomic E-state index is -0.337. The minimum Gasteiger partial charge on any atom is -0.356 e. The van der Waals surface area contributed by atoms with Crippen molar-refractivity contribution >= 4 is 39.4 Å². The van der Waals surface area contributed by atoms with Gasteiger partial charge in [-0.3, -0.25) is 24.0 Å². The lowest BCUT2D eigenvalue weighted by Crippen LogP contribution is -2.34. The minimum absolute atomic E-state index is 0.161. The number of pyridine rings is 2. The van der Waals surface area contributed by atoms with Gasteiger partial charge in [-0.25, -0.2) is 4.98 Å². The monoisotopic (exact) mass is 550 g/mol. The Morgan fingerprint density at radius 3 is 2.68 bits per heavy atom. The van der Waals surface area contributed by atoms with Gasteiger partial charge in [-0.1, -0.05) is 12.1 Å². The summed E-state index contributed by atoms with van der Waals surface area (Å²) < 4.78 is 3.91. The fraction of sp³-hybridized carbons (Fsp3) is 0.387. The van der Waals surface area contributed by atoms with Gasteiger partial charge in [-0.05, 0) is 63.5 Å². The Labute approximate surface area is 237 Å². The average Bonchev–Trinajstić information content (AvgIpc) is 3.72. The molecule has 2 aliphatic heterocycles. The number of benzene rings is 1. The SMILES string of the molecule is CN1CCCC1CCNC(=O)c1c(=O)c2ccc(N3CCC(c4cnccn4)C3)nc2n2c3ccccc3n(C)c12. The van der Waals surface area contributed by atoms with Gasteiger partial charge in [0, 0.05) is 57.2 Å². The molecular weight excluding hydrogens is 516 g/mol. The number of likely N-dealkylation sites (tertiary alicyclic amines) is 1. The number of rotatable bonds is 6. The van der Waals surface area contributed by atoms with Crippen LogP contribution in [0.3, 0.4) is 0 Å². The van der Waals surface area contributed by atoms with Crippen LogP contribution in [0, 0.1) is 0 Å². The predicted octanol–water partition coefficient (Wildman–Crippen LogP) is 3.34. The van der Waals surface area contributed by atoms with E-state index in [0.29, 0.717) is 29.3 Å². The van der Waals surface area contributed by atoms with Crippen LogP contribution in [0.2, 0.25) is 0 Å². The lowest BCUT2D eigenvalue weighted by molar-refractivity contribution is 0.0950. The molecule has 41 heavy (non-hydrogen) atoms. The number of nitrogens with zero attached hydrogens (tertiary/aromatic N) is 7. The number of imidazole rings is 1. The first-order chi connectivity index (χ1) is 20.0. The summed E-state index contributed by atoms with van der Waals surface area (Å²) in [6.07, 6.45) is 9.41. The van der Waals surface area contributed by atoms with Gasteiger partial charge in [0.25, 0.3) is 5.91 Å². The van der Waals surface area contributed by atoms with E-state index < -0.39 is 0 Å². The quantitative estimate of drug-likeness (QED) is 0.346. The summed E-state index contributed by atoms with van der Waals surface area (Å²) in [7, 11) is 4.04. The lowest BCUT2D eigenvalue weighted by Gasteiger charge is -2.19. The number of nitrogens with one attached hydrogen (secondary N) is 1. The summed E-state index contributed by atoms with van der Waals surface area (Å²) in [6, 6.07) is 12.2. The van der Waals surface area contributed by atoms with Crippen LogP contribution in [0.5, 0.6) is 0 Å². The molecule has 1 amide bonds. The summed E-state index contributed by atoms with van der Waals surface area (Å²) in [5.74, 6) is 0.746. The number of carbonyl (C=O) groups is 1. The number of aromatic nitrogens is 5. The molecule has 4 aromatic heterocycles. The third-order valence-corrected chi connectivity index (χ3v) is 8.96. The van der Waals surface area contributed by atoms with Crippen LogP contribution < -0.4 is 15.6 Å². The van der Waals surface area contributed by atoms with E-state index in [-0.39, 0.29) is 22.8 Å². The van der Waals surface area contributed by atoms with Gasteiger partial charge in [0.1, 0.15) is 17.0 Å². The van der Waals surface area contributed by atoms with E-state index in [9.17, 15) is 9.59 Å². The largest absolute Gasteiger partial charge is 0.356 e. The first kappa shape index (κ1) is 25.6. The van der Waals surface area contributed by atoms with Gasteiger partial charge in [0.05, 0.1) is 22.1 Å². The second-order valence-electron chi connectivity index (χ2n) is 11.3. The normalized spacial score (nSPS) is 19.6. The van der Waals surface area contributed by atoms with Crippen LogP contribution in [-0.4, -0.2) is 74.0 Å². The van der Waals surface area contributed by atoms with Crippen molar-refractivity contribution in [2.24, 2.45) is 7.05 Å². The van der Waals surface area contributed by atoms with Gasteiger partial charge in [-0.15, -0.1) is 0 Å². The Hall–Kier alpha value is -4.31. The van der Waals surface area contributed by atoms with E-state index in [4.69, 9.17) is 4.98 Å². The maximum Gasteiger partial charge on any atom is 0.259 e. The van der Waals surface area contributed by atoms with Crippen LogP contribution >= 0.6 is 0 Å². The second-order valence-corrected chi connectivity index (χ2v) is 11.3. The number of hydrogen-bond donors (Lipinski definition) is 1. The predicted molar refractivity (Wildman–Crippen MR) is 160 cm³/mol. The average molecular weight is 551 g/mol. The van der Waals surface area contributed by atoms with E-state index in [1.54, 1.807) is 12.4 Å². The van der Waals surface area contributed by atoms with E-state index in [1.807, 2.05) is 58.6 Å². The van der Waals surface area contributed by atoms with Crippen LogP contribution in [-0.2, 0) is 7.05 Å². The Morgan fingerprint density at radius 1 is 1.05 bits per heavy atom. The molecule has 10 nitrogen and oxygen atoms in total. The molecule has 0 radical (unpaired) electrons. The van der Waals surface area contributed by atoms with Gasteiger partial charge in [0.15, 0.2) is 5.65 Å². The molecule has 2 atom stereocenters. The molecule has 2 unspecified atom stereocenters. The van der Waals surface area contributed by atoms with Gasteiger partial charge in [0.2, 0.25) is 5.43 Å². The van der Waals surface area contributed by atoms with Gasteiger partial charge in [-0.2, -0.15) is 0 Å². The van der Waals surface area contributed by atoms with Crippen molar-refractivity contribution in [2.45, 2.75) is 37.6 Å². The molecule has 0 spiro atoms. The lowest BCUT2D eigenvalue weighted by atomic mass is 10.1. The third kappa shape index (κ3) is 4.33. The Kier molecular flexibility index (Phi) is 6.42. The van der Waals surface area contributed by atoms with Gasteiger partial charge >= 0.3 is 0 Å². The van der Waals surface area contributed by atoms with Crippen LogP contribution in [0.4, 0.5) is 5.82 Å². The summed E-state index contributed by atoms with van der Waals surface area (Å²) in [6.45, 7) is 3.24. The van der Waals surface area contributed by atoms with Crippen molar-refractivity contribution in [3.8, 4) is 0 Å². The Bertz CT molecular complexity index is 1830.